The molecule has 1 aromatic carbocycles. The van der Waals surface area contributed by atoms with E-state index in [0.717, 1.165) is 5.30 Å². The minimum absolute atomic E-state index is 0.330. The molecule has 0 aliphatic carbocycles. The summed E-state index contributed by atoms with van der Waals surface area (Å²) in [5.74, 6) is 0. The van der Waals surface area contributed by atoms with Crippen molar-refractivity contribution < 1.29 is 4.79 Å². The van der Waals surface area contributed by atoms with Gasteiger partial charge in [-0.3, -0.25) is 4.79 Å². The van der Waals surface area contributed by atoms with Crippen molar-refractivity contribution >= 4 is 19.4 Å². The molecule has 0 saturated carbocycles. The number of carbonyl (C=O) groups is 1. The van der Waals surface area contributed by atoms with Crippen molar-refractivity contribution in [2.75, 3.05) is 0 Å². The fourth-order valence-corrected chi connectivity index (χ4v) is 1.63. The molecule has 58 valence electrons. The Morgan fingerprint density at radius 2 is 2.00 bits per heavy atom. The Morgan fingerprint density at radius 3 is 2.55 bits per heavy atom. The first-order valence-electron chi connectivity index (χ1n) is 3.68. The predicted octanol–water partition coefficient (Wildman–Crippen LogP) is 1.93. The monoisotopic (exact) mass is 166 g/mol. The average molecular weight is 166 g/mol. The zero-order chi connectivity index (χ0) is 8.10. The maximum Gasteiger partial charge on any atom is 0.155 e. The summed E-state index contributed by atoms with van der Waals surface area (Å²) in [6.07, 6.45) is 0.646. The van der Waals surface area contributed by atoms with Gasteiger partial charge in [0.25, 0.3) is 0 Å². The summed E-state index contributed by atoms with van der Waals surface area (Å²) >= 11 is 0. The van der Waals surface area contributed by atoms with Gasteiger partial charge in [-0.05, 0) is 13.9 Å². The Bertz CT molecular complexity index is 231. The lowest BCUT2D eigenvalue weighted by Crippen LogP contribution is -1.97. The highest BCUT2D eigenvalue weighted by Gasteiger charge is 1.97. The molecule has 0 aliphatic heterocycles. The van der Waals surface area contributed by atoms with Crippen LogP contribution in [0.25, 0.3) is 0 Å². The van der Waals surface area contributed by atoms with E-state index in [4.69, 9.17) is 0 Å². The summed E-state index contributed by atoms with van der Waals surface area (Å²) in [6, 6.07) is 9.87. The van der Waals surface area contributed by atoms with Crippen molar-refractivity contribution in [2.45, 2.75) is 13.3 Å². The Labute approximate surface area is 68.6 Å². The van der Waals surface area contributed by atoms with E-state index in [2.05, 4.69) is 0 Å². The number of hydrogen-bond donors (Lipinski definition) is 0. The molecule has 0 radical (unpaired) electrons. The van der Waals surface area contributed by atoms with Crippen LogP contribution in [0.15, 0.2) is 30.3 Å². The average Bonchev–Trinajstić information content (AvgIpc) is 2.06. The number of rotatable bonds is 3. The second-order valence-electron chi connectivity index (χ2n) is 2.27. The van der Waals surface area contributed by atoms with Gasteiger partial charge in [-0.1, -0.05) is 37.3 Å². The zero-order valence-corrected chi connectivity index (χ0v) is 7.50. The van der Waals surface area contributed by atoms with Gasteiger partial charge in [0, 0.05) is 6.42 Å². The number of carbonyl (C=O) groups excluding carboxylic acids is 1. The quantitative estimate of drug-likeness (QED) is 0.627. The lowest BCUT2D eigenvalue weighted by Gasteiger charge is -1.96. The van der Waals surface area contributed by atoms with E-state index in [-0.39, 0.29) is 0 Å². The first-order chi connectivity index (χ1) is 5.33. The van der Waals surface area contributed by atoms with Crippen LogP contribution in [0.3, 0.4) is 0 Å². The van der Waals surface area contributed by atoms with Crippen molar-refractivity contribution in [1.82, 2.24) is 0 Å². The van der Waals surface area contributed by atoms with E-state index in [0.29, 0.717) is 20.5 Å². The van der Waals surface area contributed by atoms with Gasteiger partial charge >= 0.3 is 0 Å². The third-order valence-electron chi connectivity index (χ3n) is 1.38. The van der Waals surface area contributed by atoms with Crippen molar-refractivity contribution in [2.24, 2.45) is 0 Å². The van der Waals surface area contributed by atoms with Gasteiger partial charge in [0.1, 0.15) is 0 Å². The minimum Gasteiger partial charge on any atom is -0.295 e. The Kier molecular flexibility index (Phi) is 3.25. The fraction of sp³-hybridized carbons (Fsp3) is 0.222. The van der Waals surface area contributed by atoms with E-state index < -0.39 is 0 Å². The molecule has 1 aromatic rings. The molecule has 0 spiro atoms. The predicted molar refractivity (Wildman–Crippen MR) is 49.7 cm³/mol. The van der Waals surface area contributed by atoms with E-state index in [1.54, 1.807) is 0 Å². The van der Waals surface area contributed by atoms with Crippen LogP contribution in [0, 0.1) is 0 Å². The van der Waals surface area contributed by atoms with Gasteiger partial charge in [0.05, 0.1) is 0 Å². The molecule has 0 saturated heterocycles. The summed E-state index contributed by atoms with van der Waals surface area (Å²) < 4.78 is 0. The summed E-state index contributed by atoms with van der Waals surface area (Å²) in [5.41, 5.74) is 0.330. The maximum atomic E-state index is 11.0. The molecule has 1 nitrogen and oxygen atoms in total. The van der Waals surface area contributed by atoms with E-state index >= 15 is 0 Å². The number of benzene rings is 1. The van der Waals surface area contributed by atoms with Gasteiger partial charge in [0.15, 0.2) is 5.52 Å². The van der Waals surface area contributed by atoms with Gasteiger partial charge in [-0.15, -0.1) is 0 Å². The SMILES string of the molecule is CCC(=O)Pc1ccccc1. The van der Waals surface area contributed by atoms with Gasteiger partial charge in [-0.25, -0.2) is 0 Å². The van der Waals surface area contributed by atoms with Crippen LogP contribution in [0.1, 0.15) is 13.3 Å². The van der Waals surface area contributed by atoms with Crippen LogP contribution in [0.2, 0.25) is 0 Å². The molecule has 0 aromatic heterocycles. The van der Waals surface area contributed by atoms with E-state index in [9.17, 15) is 4.79 Å². The molecular formula is C9H11OP. The van der Waals surface area contributed by atoms with Crippen LogP contribution >= 0.6 is 8.58 Å². The van der Waals surface area contributed by atoms with Crippen LogP contribution in [-0.4, -0.2) is 5.52 Å². The molecule has 11 heavy (non-hydrogen) atoms. The van der Waals surface area contributed by atoms with Gasteiger partial charge in [0.2, 0.25) is 0 Å². The molecule has 0 bridgehead atoms. The first kappa shape index (κ1) is 8.42. The van der Waals surface area contributed by atoms with Crippen LogP contribution < -0.4 is 5.30 Å². The highest BCUT2D eigenvalue weighted by atomic mass is 31.1. The minimum atomic E-state index is 0.330. The number of hydrogen-bond acceptors (Lipinski definition) is 1. The normalized spacial score (nSPS) is 10.6. The second kappa shape index (κ2) is 4.25. The molecule has 0 amide bonds. The smallest absolute Gasteiger partial charge is 0.155 e. The largest absolute Gasteiger partial charge is 0.295 e. The lowest BCUT2D eigenvalue weighted by molar-refractivity contribution is -0.110. The topological polar surface area (TPSA) is 17.1 Å². The molecule has 1 atom stereocenters. The standard InChI is InChI=1S/C9H11OP/c1-2-9(10)11-8-6-4-3-5-7-8/h3-7,11H,2H2,1H3. The summed E-state index contributed by atoms with van der Waals surface area (Å²) in [5, 5.41) is 1.14. The summed E-state index contributed by atoms with van der Waals surface area (Å²) in [4.78, 5) is 11.0. The maximum absolute atomic E-state index is 11.0. The molecule has 0 aliphatic rings. The van der Waals surface area contributed by atoms with Crippen molar-refractivity contribution in [1.29, 1.82) is 0 Å². The highest BCUT2D eigenvalue weighted by Crippen LogP contribution is 2.12. The molecule has 1 rings (SSSR count). The molecule has 2 heteroatoms. The Morgan fingerprint density at radius 1 is 1.36 bits per heavy atom. The summed E-state index contributed by atoms with van der Waals surface area (Å²) in [7, 11) is 0.339. The summed E-state index contributed by atoms with van der Waals surface area (Å²) in [6.45, 7) is 1.90. The van der Waals surface area contributed by atoms with Crippen molar-refractivity contribution in [3.05, 3.63) is 30.3 Å². The molecule has 1 unspecified atom stereocenters. The Balaban J connectivity index is 2.58. The van der Waals surface area contributed by atoms with Crippen molar-refractivity contribution in [3.8, 4) is 0 Å². The third kappa shape index (κ3) is 2.81. The van der Waals surface area contributed by atoms with E-state index in [1.807, 2.05) is 37.3 Å². The van der Waals surface area contributed by atoms with Gasteiger partial charge in [-0.2, -0.15) is 0 Å². The highest BCUT2D eigenvalue weighted by molar-refractivity contribution is 7.65. The van der Waals surface area contributed by atoms with Crippen LogP contribution in [0.4, 0.5) is 0 Å². The fourth-order valence-electron chi connectivity index (χ4n) is 0.771. The van der Waals surface area contributed by atoms with Crippen LogP contribution in [-0.2, 0) is 4.79 Å². The second-order valence-corrected chi connectivity index (χ2v) is 3.65. The van der Waals surface area contributed by atoms with Gasteiger partial charge < -0.3 is 0 Å². The zero-order valence-electron chi connectivity index (χ0n) is 6.50. The van der Waals surface area contributed by atoms with E-state index in [1.165, 1.54) is 0 Å². The molecular weight excluding hydrogens is 155 g/mol. The lowest BCUT2D eigenvalue weighted by atomic mass is 10.4. The first-order valence-corrected chi connectivity index (χ1v) is 4.68. The molecule has 0 N–H and O–H groups in total. The third-order valence-corrected chi connectivity index (χ3v) is 2.63. The van der Waals surface area contributed by atoms with Crippen molar-refractivity contribution in [3.63, 3.8) is 0 Å². The molecule has 0 heterocycles. The Hall–Kier alpha value is -0.680. The molecule has 0 fully saturated rings. The van der Waals surface area contributed by atoms with Crippen LogP contribution in [0.5, 0.6) is 0 Å².